The summed E-state index contributed by atoms with van der Waals surface area (Å²) in [5.74, 6) is 0.906. The lowest BCUT2D eigenvalue weighted by Crippen LogP contribution is -2.36. The SMILES string of the molecule is CC(C)n1ccc(CC(C)(CNC2CC2)C2CC2)n1. The molecule has 106 valence electrons. The summed E-state index contributed by atoms with van der Waals surface area (Å²) in [6, 6.07) is 3.48. The molecular formula is C16H27N3. The molecule has 0 bridgehead atoms. The quantitative estimate of drug-likeness (QED) is 0.817. The van der Waals surface area contributed by atoms with Crippen LogP contribution in [0.15, 0.2) is 12.3 Å². The molecule has 3 nitrogen and oxygen atoms in total. The van der Waals surface area contributed by atoms with E-state index in [9.17, 15) is 0 Å². The predicted molar refractivity (Wildman–Crippen MR) is 78.2 cm³/mol. The molecule has 2 aliphatic rings. The molecule has 1 aromatic rings. The van der Waals surface area contributed by atoms with Gasteiger partial charge in [0.2, 0.25) is 0 Å². The molecule has 0 radical (unpaired) electrons. The van der Waals surface area contributed by atoms with E-state index in [0.29, 0.717) is 11.5 Å². The first-order valence-corrected chi connectivity index (χ1v) is 7.84. The molecule has 3 heteroatoms. The van der Waals surface area contributed by atoms with Gasteiger partial charge in [-0.3, -0.25) is 4.68 Å². The minimum absolute atomic E-state index is 0.402. The Morgan fingerprint density at radius 3 is 2.63 bits per heavy atom. The minimum atomic E-state index is 0.402. The Morgan fingerprint density at radius 1 is 1.37 bits per heavy atom. The van der Waals surface area contributed by atoms with Crippen LogP contribution in [0.25, 0.3) is 0 Å². The van der Waals surface area contributed by atoms with E-state index in [1.54, 1.807) is 0 Å². The molecule has 3 rings (SSSR count). The van der Waals surface area contributed by atoms with Crippen molar-refractivity contribution in [2.75, 3.05) is 6.54 Å². The second-order valence-electron chi connectivity index (χ2n) is 7.14. The average Bonchev–Trinajstić information content (AvgIpc) is 3.25. The van der Waals surface area contributed by atoms with E-state index >= 15 is 0 Å². The van der Waals surface area contributed by atoms with Gasteiger partial charge in [-0.2, -0.15) is 5.10 Å². The van der Waals surface area contributed by atoms with Crippen molar-refractivity contribution in [3.05, 3.63) is 18.0 Å². The highest BCUT2D eigenvalue weighted by molar-refractivity contribution is 5.07. The molecule has 1 N–H and O–H groups in total. The maximum absolute atomic E-state index is 4.74. The monoisotopic (exact) mass is 261 g/mol. The van der Waals surface area contributed by atoms with E-state index in [1.807, 2.05) is 0 Å². The zero-order chi connectivity index (χ0) is 13.5. The molecule has 0 aliphatic heterocycles. The molecule has 1 atom stereocenters. The molecule has 0 amide bonds. The van der Waals surface area contributed by atoms with Crippen LogP contribution < -0.4 is 5.32 Å². The third-order valence-electron chi connectivity index (χ3n) is 4.71. The van der Waals surface area contributed by atoms with Crippen LogP contribution in [0.5, 0.6) is 0 Å². The first-order chi connectivity index (χ1) is 9.07. The molecule has 2 fully saturated rings. The number of nitrogens with zero attached hydrogens (tertiary/aromatic N) is 2. The van der Waals surface area contributed by atoms with Crippen LogP contribution in [0, 0.1) is 11.3 Å². The Morgan fingerprint density at radius 2 is 2.11 bits per heavy atom. The number of hydrogen-bond acceptors (Lipinski definition) is 2. The Kier molecular flexibility index (Phi) is 3.42. The highest BCUT2D eigenvalue weighted by Gasteiger charge is 2.42. The lowest BCUT2D eigenvalue weighted by Gasteiger charge is -2.29. The summed E-state index contributed by atoms with van der Waals surface area (Å²) < 4.78 is 2.08. The van der Waals surface area contributed by atoms with Crippen molar-refractivity contribution < 1.29 is 0 Å². The number of rotatable bonds is 7. The van der Waals surface area contributed by atoms with Crippen LogP contribution in [0.3, 0.4) is 0 Å². The van der Waals surface area contributed by atoms with Crippen molar-refractivity contribution in [2.45, 2.75) is 65.0 Å². The number of hydrogen-bond donors (Lipinski definition) is 1. The van der Waals surface area contributed by atoms with Crippen LogP contribution >= 0.6 is 0 Å². The van der Waals surface area contributed by atoms with E-state index in [4.69, 9.17) is 5.10 Å². The van der Waals surface area contributed by atoms with Crippen molar-refractivity contribution in [1.82, 2.24) is 15.1 Å². The standard InChI is InChI=1S/C16H27N3/c1-12(2)19-9-8-15(18-19)10-16(3,13-4-5-13)11-17-14-6-7-14/h8-9,12-14,17H,4-7,10-11H2,1-3H3. The first-order valence-electron chi connectivity index (χ1n) is 7.84. The van der Waals surface area contributed by atoms with Gasteiger partial charge in [0.15, 0.2) is 0 Å². The second kappa shape index (κ2) is 4.93. The van der Waals surface area contributed by atoms with E-state index < -0.39 is 0 Å². The van der Waals surface area contributed by atoms with Gasteiger partial charge in [-0.15, -0.1) is 0 Å². The van der Waals surface area contributed by atoms with Crippen LogP contribution in [0.2, 0.25) is 0 Å². The fourth-order valence-electron chi connectivity index (χ4n) is 2.97. The third-order valence-corrected chi connectivity index (χ3v) is 4.71. The molecule has 0 spiro atoms. The average molecular weight is 261 g/mol. The van der Waals surface area contributed by atoms with Crippen molar-refractivity contribution >= 4 is 0 Å². The number of aromatic nitrogens is 2. The molecule has 19 heavy (non-hydrogen) atoms. The highest BCUT2D eigenvalue weighted by Crippen LogP contribution is 2.47. The Bertz CT molecular complexity index is 429. The second-order valence-corrected chi connectivity index (χ2v) is 7.14. The van der Waals surface area contributed by atoms with Crippen LogP contribution in [0.1, 0.15) is 58.2 Å². The van der Waals surface area contributed by atoms with Gasteiger partial charge in [0, 0.05) is 24.8 Å². The Hall–Kier alpha value is -0.830. The topological polar surface area (TPSA) is 29.9 Å². The third kappa shape index (κ3) is 3.19. The van der Waals surface area contributed by atoms with Gasteiger partial charge >= 0.3 is 0 Å². The van der Waals surface area contributed by atoms with E-state index in [0.717, 1.165) is 24.9 Å². The number of nitrogens with one attached hydrogen (secondary N) is 1. The predicted octanol–water partition coefficient (Wildman–Crippen LogP) is 3.17. The lowest BCUT2D eigenvalue weighted by molar-refractivity contribution is 0.251. The first kappa shape index (κ1) is 13.2. The summed E-state index contributed by atoms with van der Waals surface area (Å²) in [6.45, 7) is 7.99. The maximum Gasteiger partial charge on any atom is 0.0630 e. The smallest absolute Gasteiger partial charge is 0.0630 e. The summed E-state index contributed by atoms with van der Waals surface area (Å²) in [6.07, 6.45) is 8.83. The van der Waals surface area contributed by atoms with Crippen molar-refractivity contribution in [3.8, 4) is 0 Å². The van der Waals surface area contributed by atoms with Gasteiger partial charge in [-0.1, -0.05) is 6.92 Å². The van der Waals surface area contributed by atoms with Gasteiger partial charge in [-0.05, 0) is 63.4 Å². The Labute approximate surface area is 116 Å². The van der Waals surface area contributed by atoms with Gasteiger partial charge < -0.3 is 5.32 Å². The molecule has 2 aliphatic carbocycles. The van der Waals surface area contributed by atoms with Gasteiger partial charge in [0.05, 0.1) is 5.69 Å². The fourth-order valence-corrected chi connectivity index (χ4v) is 2.97. The molecular weight excluding hydrogens is 234 g/mol. The molecule has 1 unspecified atom stereocenters. The van der Waals surface area contributed by atoms with Gasteiger partial charge in [0.1, 0.15) is 0 Å². The summed E-state index contributed by atoms with van der Waals surface area (Å²) in [5, 5.41) is 8.47. The zero-order valence-corrected chi connectivity index (χ0v) is 12.5. The summed E-state index contributed by atoms with van der Waals surface area (Å²) in [4.78, 5) is 0. The van der Waals surface area contributed by atoms with Crippen LogP contribution in [0.4, 0.5) is 0 Å². The van der Waals surface area contributed by atoms with Gasteiger partial charge in [-0.25, -0.2) is 0 Å². The highest BCUT2D eigenvalue weighted by atomic mass is 15.3. The maximum atomic E-state index is 4.74. The normalized spacial score (nSPS) is 22.7. The zero-order valence-electron chi connectivity index (χ0n) is 12.5. The molecule has 0 aromatic carbocycles. The minimum Gasteiger partial charge on any atom is -0.313 e. The lowest BCUT2D eigenvalue weighted by atomic mass is 9.80. The summed E-state index contributed by atoms with van der Waals surface area (Å²) in [7, 11) is 0. The van der Waals surface area contributed by atoms with Gasteiger partial charge in [0.25, 0.3) is 0 Å². The Balaban J connectivity index is 1.65. The molecule has 1 aromatic heterocycles. The van der Waals surface area contributed by atoms with Crippen LogP contribution in [-0.2, 0) is 6.42 Å². The fraction of sp³-hybridized carbons (Fsp3) is 0.812. The largest absolute Gasteiger partial charge is 0.313 e. The van der Waals surface area contributed by atoms with E-state index in [-0.39, 0.29) is 0 Å². The summed E-state index contributed by atoms with van der Waals surface area (Å²) in [5.41, 5.74) is 1.67. The molecule has 0 saturated heterocycles. The van der Waals surface area contributed by atoms with Crippen molar-refractivity contribution in [1.29, 1.82) is 0 Å². The molecule has 2 saturated carbocycles. The van der Waals surface area contributed by atoms with Crippen LogP contribution in [-0.4, -0.2) is 22.4 Å². The molecule has 1 heterocycles. The van der Waals surface area contributed by atoms with Crippen molar-refractivity contribution in [2.24, 2.45) is 11.3 Å². The van der Waals surface area contributed by atoms with E-state index in [1.165, 1.54) is 31.4 Å². The summed E-state index contributed by atoms with van der Waals surface area (Å²) >= 11 is 0. The van der Waals surface area contributed by atoms with E-state index in [2.05, 4.69) is 43.0 Å². The van der Waals surface area contributed by atoms with Crippen molar-refractivity contribution in [3.63, 3.8) is 0 Å².